The van der Waals surface area contributed by atoms with Gasteiger partial charge in [0.15, 0.2) is 11.3 Å². The molecule has 0 amide bonds. The van der Waals surface area contributed by atoms with Crippen LogP contribution in [0.1, 0.15) is 28.3 Å². The first-order valence-electron chi connectivity index (χ1n) is 12.9. The molecule has 1 fully saturated rings. The van der Waals surface area contributed by atoms with Crippen LogP contribution in [0, 0.1) is 5.82 Å². The number of carbonyl (C=O) groups is 1. The van der Waals surface area contributed by atoms with E-state index in [0.717, 1.165) is 12.0 Å². The number of ether oxygens (including phenoxy) is 2. The first-order chi connectivity index (χ1) is 19.8. The van der Waals surface area contributed by atoms with Crippen molar-refractivity contribution in [2.75, 3.05) is 6.61 Å². The lowest BCUT2D eigenvalue weighted by molar-refractivity contribution is -0.0591. The fourth-order valence-corrected chi connectivity index (χ4v) is 4.81. The number of carboxylic acid groups (broad SMARTS) is 1. The highest BCUT2D eigenvalue weighted by Gasteiger charge is 2.23. The van der Waals surface area contributed by atoms with Crippen LogP contribution in [0.4, 0.5) is 4.39 Å². The SMILES string of the molecule is O=C(O)c1ccc2nc(Cn3ccc(-c4cccc(OCc5ccc(Cl)cc5F)c4)cc3=O)n(CC3CCO3)c2n1. The fraction of sp³-hybridized carbons (Fsp3) is 0.200. The van der Waals surface area contributed by atoms with E-state index in [2.05, 4.69) is 9.97 Å². The third kappa shape index (κ3) is 5.70. The Morgan fingerprint density at radius 3 is 2.66 bits per heavy atom. The topological polar surface area (TPSA) is 108 Å². The molecule has 0 bridgehead atoms. The predicted molar refractivity (Wildman–Crippen MR) is 150 cm³/mol. The lowest BCUT2D eigenvalue weighted by atomic mass is 10.1. The van der Waals surface area contributed by atoms with E-state index >= 15 is 0 Å². The van der Waals surface area contributed by atoms with Crippen molar-refractivity contribution in [3.8, 4) is 16.9 Å². The standard InChI is InChI=1S/C30H24ClFN4O5/c31-21-5-4-20(24(32)14-21)17-41-22-3-1-2-18(12-22)19-8-10-35(28(37)13-19)16-27-33-25-6-7-26(30(38)39)34-29(25)36(27)15-23-9-11-40-23/h1-8,10,12-14,23H,9,11,15-17H2,(H,38,39). The summed E-state index contributed by atoms with van der Waals surface area (Å²) in [5.41, 5.74) is 2.51. The lowest BCUT2D eigenvalue weighted by Crippen LogP contribution is -2.32. The van der Waals surface area contributed by atoms with Gasteiger partial charge >= 0.3 is 5.97 Å². The van der Waals surface area contributed by atoms with Crippen LogP contribution in [0.15, 0.2) is 77.7 Å². The molecule has 1 unspecified atom stereocenters. The summed E-state index contributed by atoms with van der Waals surface area (Å²) in [6.45, 7) is 1.33. The molecule has 1 aliphatic rings. The van der Waals surface area contributed by atoms with Crippen LogP contribution in [0.25, 0.3) is 22.3 Å². The minimum Gasteiger partial charge on any atom is -0.489 e. The number of halogens is 2. The maximum absolute atomic E-state index is 14.1. The molecule has 1 atom stereocenters. The van der Waals surface area contributed by atoms with E-state index in [1.54, 1.807) is 42.6 Å². The smallest absolute Gasteiger partial charge is 0.354 e. The van der Waals surface area contributed by atoms with Crippen LogP contribution < -0.4 is 10.3 Å². The summed E-state index contributed by atoms with van der Waals surface area (Å²) in [6.07, 6.45) is 2.55. The van der Waals surface area contributed by atoms with Gasteiger partial charge in [-0.2, -0.15) is 0 Å². The average molecular weight is 575 g/mol. The summed E-state index contributed by atoms with van der Waals surface area (Å²) >= 11 is 5.82. The minimum atomic E-state index is -1.13. The highest BCUT2D eigenvalue weighted by atomic mass is 35.5. The number of rotatable bonds is 9. The lowest BCUT2D eigenvalue weighted by Gasteiger charge is -2.27. The molecule has 41 heavy (non-hydrogen) atoms. The number of pyridine rings is 2. The van der Waals surface area contributed by atoms with Crippen molar-refractivity contribution < 1.29 is 23.8 Å². The van der Waals surface area contributed by atoms with Gasteiger partial charge in [0.25, 0.3) is 5.56 Å². The van der Waals surface area contributed by atoms with Crippen LogP contribution in [-0.2, 0) is 24.4 Å². The van der Waals surface area contributed by atoms with E-state index in [-0.39, 0.29) is 30.5 Å². The third-order valence-electron chi connectivity index (χ3n) is 6.95. The zero-order valence-electron chi connectivity index (χ0n) is 21.7. The van der Waals surface area contributed by atoms with Gasteiger partial charge in [0.1, 0.15) is 29.5 Å². The monoisotopic (exact) mass is 574 g/mol. The van der Waals surface area contributed by atoms with Crippen LogP contribution >= 0.6 is 11.6 Å². The zero-order chi connectivity index (χ0) is 28.5. The fourth-order valence-electron chi connectivity index (χ4n) is 4.65. The molecular weight excluding hydrogens is 551 g/mol. The second-order valence-corrected chi connectivity index (χ2v) is 10.1. The van der Waals surface area contributed by atoms with Crippen LogP contribution in [-0.4, -0.2) is 42.9 Å². The molecule has 1 aliphatic heterocycles. The maximum atomic E-state index is 14.1. The molecule has 9 nitrogen and oxygen atoms in total. The Morgan fingerprint density at radius 1 is 1.10 bits per heavy atom. The van der Waals surface area contributed by atoms with E-state index in [1.165, 1.54) is 22.8 Å². The van der Waals surface area contributed by atoms with Crippen molar-refractivity contribution in [1.29, 1.82) is 0 Å². The van der Waals surface area contributed by atoms with Gasteiger partial charge in [0.2, 0.25) is 0 Å². The molecule has 5 aromatic rings. The number of carboxylic acids is 1. The Kier molecular flexibility index (Phi) is 7.25. The number of hydrogen-bond acceptors (Lipinski definition) is 6. The molecular formula is C30H24ClFN4O5. The normalized spacial score (nSPS) is 14.6. The third-order valence-corrected chi connectivity index (χ3v) is 7.19. The van der Waals surface area contributed by atoms with Gasteiger partial charge in [-0.3, -0.25) is 4.79 Å². The van der Waals surface area contributed by atoms with Crippen molar-refractivity contribution in [3.05, 3.63) is 111 Å². The summed E-state index contributed by atoms with van der Waals surface area (Å²) in [6, 6.07) is 18.0. The highest BCUT2D eigenvalue weighted by Crippen LogP contribution is 2.25. The van der Waals surface area contributed by atoms with Gasteiger partial charge in [-0.25, -0.2) is 19.2 Å². The Labute approximate surface area is 238 Å². The van der Waals surface area contributed by atoms with Crippen molar-refractivity contribution >= 4 is 28.7 Å². The van der Waals surface area contributed by atoms with E-state index in [0.29, 0.717) is 52.0 Å². The Morgan fingerprint density at radius 2 is 1.93 bits per heavy atom. The molecule has 1 N–H and O–H groups in total. The zero-order valence-corrected chi connectivity index (χ0v) is 22.4. The van der Waals surface area contributed by atoms with E-state index in [9.17, 15) is 19.1 Å². The molecule has 4 heterocycles. The van der Waals surface area contributed by atoms with Gasteiger partial charge < -0.3 is 23.7 Å². The molecule has 0 radical (unpaired) electrons. The van der Waals surface area contributed by atoms with Crippen molar-refractivity contribution in [3.63, 3.8) is 0 Å². The van der Waals surface area contributed by atoms with Crippen LogP contribution in [0.3, 0.4) is 0 Å². The van der Waals surface area contributed by atoms with Gasteiger partial charge in [-0.1, -0.05) is 29.8 Å². The summed E-state index contributed by atoms with van der Waals surface area (Å²) in [5, 5.41) is 9.72. The van der Waals surface area contributed by atoms with Crippen LogP contribution in [0.2, 0.25) is 5.02 Å². The summed E-state index contributed by atoms with van der Waals surface area (Å²) < 4.78 is 28.9. The Bertz CT molecular complexity index is 1830. The number of imidazole rings is 1. The van der Waals surface area contributed by atoms with Gasteiger partial charge in [0, 0.05) is 29.5 Å². The summed E-state index contributed by atoms with van der Waals surface area (Å²) in [5.74, 6) is -0.463. The maximum Gasteiger partial charge on any atom is 0.354 e. The molecule has 2 aromatic carbocycles. The van der Waals surface area contributed by atoms with Crippen molar-refractivity contribution in [2.45, 2.75) is 32.2 Å². The van der Waals surface area contributed by atoms with Crippen molar-refractivity contribution in [2.24, 2.45) is 0 Å². The van der Waals surface area contributed by atoms with E-state index < -0.39 is 11.8 Å². The van der Waals surface area contributed by atoms with Gasteiger partial charge in [0.05, 0.1) is 19.2 Å². The predicted octanol–water partition coefficient (Wildman–Crippen LogP) is 5.17. The molecule has 6 rings (SSSR count). The minimum absolute atomic E-state index is 0.0220. The number of aromatic nitrogens is 4. The summed E-state index contributed by atoms with van der Waals surface area (Å²) in [4.78, 5) is 33.6. The Balaban J connectivity index is 1.24. The van der Waals surface area contributed by atoms with Crippen molar-refractivity contribution in [1.82, 2.24) is 19.1 Å². The number of hydrogen-bond donors (Lipinski definition) is 1. The summed E-state index contributed by atoms with van der Waals surface area (Å²) in [7, 11) is 0. The molecule has 0 aliphatic carbocycles. The second kappa shape index (κ2) is 11.1. The first kappa shape index (κ1) is 26.7. The molecule has 208 valence electrons. The molecule has 3 aromatic heterocycles. The number of aromatic carboxylic acids is 1. The molecule has 1 saturated heterocycles. The number of benzene rings is 2. The Hall–Kier alpha value is -4.54. The molecule has 11 heteroatoms. The van der Waals surface area contributed by atoms with E-state index in [4.69, 9.17) is 21.1 Å². The first-order valence-corrected chi connectivity index (χ1v) is 13.3. The van der Waals surface area contributed by atoms with Gasteiger partial charge in [-0.05, 0) is 60.0 Å². The van der Waals surface area contributed by atoms with Crippen LogP contribution in [0.5, 0.6) is 5.75 Å². The number of nitrogens with zero attached hydrogens (tertiary/aromatic N) is 4. The van der Waals surface area contributed by atoms with E-state index in [1.807, 2.05) is 16.7 Å². The largest absolute Gasteiger partial charge is 0.489 e. The second-order valence-electron chi connectivity index (χ2n) is 9.70. The van der Waals surface area contributed by atoms with Gasteiger partial charge in [-0.15, -0.1) is 0 Å². The average Bonchev–Trinajstić information content (AvgIpc) is 3.27. The quantitative estimate of drug-likeness (QED) is 0.259. The molecule has 0 saturated carbocycles. The molecule has 0 spiro atoms. The highest BCUT2D eigenvalue weighted by molar-refractivity contribution is 6.30. The number of fused-ring (bicyclic) bond motifs is 1.